The number of anilines is 1. The van der Waals surface area contributed by atoms with Crippen molar-refractivity contribution in [3.8, 4) is 5.69 Å². The number of carbonyl (C=O) groups is 1. The second-order valence-corrected chi connectivity index (χ2v) is 6.95. The molecule has 0 spiro atoms. The standard InChI is InChI=1S/C19H18F3N5O/c1-11-9-17(23-18(28)13-10-12(13)15-7-8-26(2)25-15)27(24-11)16-6-4-3-5-14(16)19(20,21)22/h3-9,12-13H,10H2,1-2H3,(H,23,28)/t12-,13-/m1/s1. The summed E-state index contributed by atoms with van der Waals surface area (Å²) in [6, 6.07) is 8.58. The summed E-state index contributed by atoms with van der Waals surface area (Å²) in [5.41, 5.74) is 0.404. The fourth-order valence-corrected chi connectivity index (χ4v) is 3.33. The van der Waals surface area contributed by atoms with Gasteiger partial charge in [-0.25, -0.2) is 4.68 Å². The van der Waals surface area contributed by atoms with Gasteiger partial charge >= 0.3 is 6.18 Å². The van der Waals surface area contributed by atoms with Crippen molar-refractivity contribution in [3.05, 3.63) is 59.5 Å². The summed E-state index contributed by atoms with van der Waals surface area (Å²) in [4.78, 5) is 12.6. The molecule has 28 heavy (non-hydrogen) atoms. The van der Waals surface area contributed by atoms with Gasteiger partial charge in [0.25, 0.3) is 0 Å². The average Bonchev–Trinajstić information content (AvgIpc) is 3.19. The van der Waals surface area contributed by atoms with Crippen LogP contribution < -0.4 is 5.32 Å². The zero-order valence-corrected chi connectivity index (χ0v) is 15.2. The van der Waals surface area contributed by atoms with E-state index in [1.54, 1.807) is 24.7 Å². The first-order valence-corrected chi connectivity index (χ1v) is 8.77. The van der Waals surface area contributed by atoms with E-state index in [2.05, 4.69) is 15.5 Å². The maximum Gasteiger partial charge on any atom is 0.418 e. The number of benzene rings is 1. The highest BCUT2D eigenvalue weighted by atomic mass is 19.4. The van der Waals surface area contributed by atoms with Gasteiger partial charge in [0.2, 0.25) is 5.91 Å². The lowest BCUT2D eigenvalue weighted by atomic mass is 10.1. The molecular weight excluding hydrogens is 371 g/mol. The number of amides is 1. The molecule has 3 aromatic rings. The van der Waals surface area contributed by atoms with E-state index in [-0.39, 0.29) is 29.2 Å². The number of aryl methyl sites for hydroxylation is 2. The summed E-state index contributed by atoms with van der Waals surface area (Å²) in [7, 11) is 1.81. The van der Waals surface area contributed by atoms with Crippen molar-refractivity contribution < 1.29 is 18.0 Å². The van der Waals surface area contributed by atoms with Crippen LogP contribution in [0.1, 0.15) is 29.3 Å². The summed E-state index contributed by atoms with van der Waals surface area (Å²) in [6.07, 6.45) is -2.05. The Kier molecular flexibility index (Phi) is 4.24. The first-order chi connectivity index (χ1) is 13.2. The van der Waals surface area contributed by atoms with Crippen molar-refractivity contribution in [1.82, 2.24) is 19.6 Å². The Morgan fingerprint density at radius 1 is 1.21 bits per heavy atom. The molecule has 4 rings (SSSR count). The molecule has 2 heterocycles. The van der Waals surface area contributed by atoms with E-state index in [0.29, 0.717) is 12.1 Å². The normalized spacial score (nSPS) is 18.9. The molecule has 6 nitrogen and oxygen atoms in total. The van der Waals surface area contributed by atoms with Gasteiger partial charge in [-0.3, -0.25) is 9.48 Å². The Bertz CT molecular complexity index is 1040. The van der Waals surface area contributed by atoms with Crippen LogP contribution in [0.2, 0.25) is 0 Å². The van der Waals surface area contributed by atoms with Gasteiger partial charge in [0.15, 0.2) is 0 Å². The van der Waals surface area contributed by atoms with Crippen molar-refractivity contribution >= 4 is 11.7 Å². The maximum absolute atomic E-state index is 13.4. The lowest BCUT2D eigenvalue weighted by Crippen LogP contribution is -2.19. The van der Waals surface area contributed by atoms with Gasteiger partial charge < -0.3 is 5.32 Å². The lowest BCUT2D eigenvalue weighted by Gasteiger charge is -2.15. The predicted molar refractivity (Wildman–Crippen MR) is 96.0 cm³/mol. The number of alkyl halides is 3. The smallest absolute Gasteiger partial charge is 0.310 e. The fourth-order valence-electron chi connectivity index (χ4n) is 3.33. The number of carbonyl (C=O) groups excluding carboxylic acids is 1. The summed E-state index contributed by atoms with van der Waals surface area (Å²) in [5.74, 6) is -0.260. The van der Waals surface area contributed by atoms with Gasteiger partial charge in [-0.15, -0.1) is 0 Å². The van der Waals surface area contributed by atoms with Crippen molar-refractivity contribution in [2.45, 2.75) is 25.4 Å². The molecule has 9 heteroatoms. The Hall–Kier alpha value is -3.10. The van der Waals surface area contributed by atoms with Crippen molar-refractivity contribution in [1.29, 1.82) is 0 Å². The average molecular weight is 389 g/mol. The molecule has 0 aliphatic heterocycles. The molecule has 2 aromatic heterocycles. The topological polar surface area (TPSA) is 64.7 Å². The number of hydrogen-bond acceptors (Lipinski definition) is 3. The van der Waals surface area contributed by atoms with E-state index >= 15 is 0 Å². The minimum atomic E-state index is -4.53. The van der Waals surface area contributed by atoms with Gasteiger partial charge in [-0.1, -0.05) is 12.1 Å². The third-order valence-electron chi connectivity index (χ3n) is 4.76. The second kappa shape index (κ2) is 6.50. The van der Waals surface area contributed by atoms with Crippen LogP contribution in [0.5, 0.6) is 0 Å². The van der Waals surface area contributed by atoms with Crippen LogP contribution in [-0.2, 0) is 18.0 Å². The molecule has 1 fully saturated rings. The van der Waals surface area contributed by atoms with E-state index in [4.69, 9.17) is 0 Å². The molecule has 0 radical (unpaired) electrons. The van der Waals surface area contributed by atoms with Crippen LogP contribution in [0, 0.1) is 12.8 Å². The van der Waals surface area contributed by atoms with Crippen LogP contribution in [0.15, 0.2) is 42.6 Å². The molecule has 0 unspecified atom stereocenters. The summed E-state index contributed by atoms with van der Waals surface area (Å²) in [5, 5.41) is 11.2. The molecular formula is C19H18F3N5O. The Morgan fingerprint density at radius 3 is 2.64 bits per heavy atom. The van der Waals surface area contributed by atoms with E-state index in [1.807, 2.05) is 12.3 Å². The van der Waals surface area contributed by atoms with Crippen LogP contribution in [0.25, 0.3) is 5.69 Å². The Balaban J connectivity index is 1.59. The number of para-hydroxylation sites is 1. The third kappa shape index (κ3) is 3.39. The van der Waals surface area contributed by atoms with Gasteiger partial charge in [0, 0.05) is 31.1 Å². The number of halogens is 3. The zero-order chi connectivity index (χ0) is 20.1. The molecule has 1 amide bonds. The van der Waals surface area contributed by atoms with Crippen molar-refractivity contribution in [3.63, 3.8) is 0 Å². The Labute approximate surface area is 159 Å². The second-order valence-electron chi connectivity index (χ2n) is 6.95. The first kappa shape index (κ1) is 18.3. The largest absolute Gasteiger partial charge is 0.418 e. The van der Waals surface area contributed by atoms with Crippen molar-refractivity contribution in [2.75, 3.05) is 5.32 Å². The highest BCUT2D eigenvalue weighted by Crippen LogP contribution is 2.47. The molecule has 0 bridgehead atoms. The van der Waals surface area contributed by atoms with E-state index in [0.717, 1.165) is 16.4 Å². The first-order valence-electron chi connectivity index (χ1n) is 8.77. The molecule has 1 N–H and O–H groups in total. The molecule has 2 atom stereocenters. The van der Waals surface area contributed by atoms with Crippen molar-refractivity contribution in [2.24, 2.45) is 13.0 Å². The highest BCUT2D eigenvalue weighted by Gasteiger charge is 2.45. The quantitative estimate of drug-likeness (QED) is 0.740. The molecule has 0 saturated heterocycles. The van der Waals surface area contributed by atoms with Gasteiger partial charge in [-0.05, 0) is 31.5 Å². The van der Waals surface area contributed by atoms with Gasteiger partial charge in [-0.2, -0.15) is 23.4 Å². The fraction of sp³-hybridized carbons (Fsp3) is 0.316. The summed E-state index contributed by atoms with van der Waals surface area (Å²) < 4.78 is 42.9. The SMILES string of the molecule is Cc1cc(NC(=O)[C@@H]2C[C@H]2c2ccn(C)n2)n(-c2ccccc2C(F)(F)F)n1. The lowest BCUT2D eigenvalue weighted by molar-refractivity contribution is -0.137. The van der Waals surface area contributed by atoms with Crippen LogP contribution in [0.3, 0.4) is 0 Å². The van der Waals surface area contributed by atoms with E-state index < -0.39 is 11.7 Å². The maximum atomic E-state index is 13.4. The zero-order valence-electron chi connectivity index (χ0n) is 15.2. The number of rotatable bonds is 4. The minimum absolute atomic E-state index is 0.0288. The summed E-state index contributed by atoms with van der Waals surface area (Å²) >= 11 is 0. The number of nitrogens with zero attached hydrogens (tertiary/aromatic N) is 4. The third-order valence-corrected chi connectivity index (χ3v) is 4.76. The van der Waals surface area contributed by atoms with Crippen LogP contribution in [-0.4, -0.2) is 25.5 Å². The number of nitrogens with one attached hydrogen (secondary N) is 1. The Morgan fingerprint density at radius 2 is 1.96 bits per heavy atom. The number of hydrogen-bond donors (Lipinski definition) is 1. The van der Waals surface area contributed by atoms with E-state index in [9.17, 15) is 18.0 Å². The monoisotopic (exact) mass is 389 g/mol. The van der Waals surface area contributed by atoms with Crippen LogP contribution >= 0.6 is 0 Å². The molecule has 1 aliphatic carbocycles. The van der Waals surface area contributed by atoms with E-state index in [1.165, 1.54) is 18.2 Å². The minimum Gasteiger partial charge on any atom is -0.310 e. The summed E-state index contributed by atoms with van der Waals surface area (Å²) in [6.45, 7) is 1.66. The highest BCUT2D eigenvalue weighted by molar-refractivity contribution is 5.94. The molecule has 1 aliphatic rings. The van der Waals surface area contributed by atoms with Gasteiger partial charge in [0.1, 0.15) is 5.82 Å². The molecule has 1 aromatic carbocycles. The molecule has 146 valence electrons. The van der Waals surface area contributed by atoms with Gasteiger partial charge in [0.05, 0.1) is 22.6 Å². The predicted octanol–water partition coefficient (Wildman–Crippen LogP) is 3.68. The van der Waals surface area contributed by atoms with Crippen LogP contribution in [0.4, 0.5) is 19.0 Å². The molecule has 1 saturated carbocycles. The number of aromatic nitrogens is 4.